The second-order valence-electron chi connectivity index (χ2n) is 5.15. The van der Waals surface area contributed by atoms with Crippen molar-refractivity contribution in [2.24, 2.45) is 0 Å². The minimum Gasteiger partial charge on any atom is -0.462 e. The fraction of sp³-hybridized carbons (Fsp3) is 0.222. The van der Waals surface area contributed by atoms with E-state index in [-0.39, 0.29) is 0 Å². The Hall–Kier alpha value is -2.11. The molecule has 24 heavy (non-hydrogen) atoms. The fourth-order valence-electron chi connectivity index (χ4n) is 2.13. The van der Waals surface area contributed by atoms with Gasteiger partial charge in [-0.05, 0) is 55.4 Å². The number of ether oxygens (including phenoxy) is 1. The predicted molar refractivity (Wildman–Crippen MR) is 102 cm³/mol. The lowest BCUT2D eigenvalue weighted by Gasteiger charge is -2.13. The molecule has 2 rings (SSSR count). The van der Waals surface area contributed by atoms with Crippen LogP contribution in [0.3, 0.4) is 0 Å². The van der Waals surface area contributed by atoms with Gasteiger partial charge in [0.15, 0.2) is 5.11 Å². The molecule has 2 aromatic rings. The monoisotopic (exact) mass is 362 g/mol. The smallest absolute Gasteiger partial charge is 0.339 e. The van der Waals surface area contributed by atoms with Crippen LogP contribution in [0.15, 0.2) is 42.5 Å². The van der Waals surface area contributed by atoms with Crippen LogP contribution in [0, 0.1) is 6.92 Å². The topological polar surface area (TPSA) is 50.4 Å². The molecule has 0 spiro atoms. The molecule has 0 heterocycles. The van der Waals surface area contributed by atoms with Gasteiger partial charge in [0.25, 0.3) is 0 Å². The van der Waals surface area contributed by atoms with Crippen molar-refractivity contribution in [1.82, 2.24) is 5.32 Å². The molecular formula is C18H19ClN2O2S. The molecular weight excluding hydrogens is 344 g/mol. The van der Waals surface area contributed by atoms with Crippen LogP contribution in [-0.4, -0.2) is 17.7 Å². The lowest BCUT2D eigenvalue weighted by atomic mass is 10.1. The van der Waals surface area contributed by atoms with Crippen molar-refractivity contribution in [3.8, 4) is 0 Å². The summed E-state index contributed by atoms with van der Waals surface area (Å²) in [6.07, 6.45) is 0. The van der Waals surface area contributed by atoms with Gasteiger partial charge in [-0.1, -0.05) is 35.9 Å². The van der Waals surface area contributed by atoms with Crippen LogP contribution in [0.4, 0.5) is 5.69 Å². The highest BCUT2D eigenvalue weighted by molar-refractivity contribution is 7.80. The number of hydrogen-bond donors (Lipinski definition) is 2. The van der Waals surface area contributed by atoms with E-state index in [1.54, 1.807) is 25.1 Å². The number of nitrogens with one attached hydrogen (secondary N) is 2. The number of carbonyl (C=O) groups is 1. The Kier molecular flexibility index (Phi) is 6.58. The zero-order valence-corrected chi connectivity index (χ0v) is 15.1. The molecule has 0 saturated heterocycles. The van der Waals surface area contributed by atoms with Gasteiger partial charge in [-0.15, -0.1) is 0 Å². The largest absolute Gasteiger partial charge is 0.462 e. The maximum Gasteiger partial charge on any atom is 0.339 e. The fourth-order valence-corrected chi connectivity index (χ4v) is 2.51. The van der Waals surface area contributed by atoms with E-state index in [1.165, 1.54) is 11.1 Å². The number of hydrogen-bond acceptors (Lipinski definition) is 3. The number of thiocarbonyl (C=S) groups is 1. The number of aryl methyl sites for hydroxylation is 1. The van der Waals surface area contributed by atoms with Crippen LogP contribution in [0.1, 0.15) is 28.4 Å². The van der Waals surface area contributed by atoms with Crippen molar-refractivity contribution in [3.05, 3.63) is 64.2 Å². The molecule has 4 nitrogen and oxygen atoms in total. The maximum atomic E-state index is 11.9. The van der Waals surface area contributed by atoms with E-state index in [0.29, 0.717) is 34.5 Å². The first kappa shape index (κ1) is 18.2. The summed E-state index contributed by atoms with van der Waals surface area (Å²) in [6, 6.07) is 13.1. The van der Waals surface area contributed by atoms with Crippen LogP contribution in [0.2, 0.25) is 5.02 Å². The maximum absolute atomic E-state index is 11.9. The third kappa shape index (κ3) is 4.94. The quantitative estimate of drug-likeness (QED) is 0.613. The molecule has 0 atom stereocenters. The molecule has 0 aliphatic carbocycles. The Bertz CT molecular complexity index is 750. The van der Waals surface area contributed by atoms with Gasteiger partial charge < -0.3 is 15.4 Å². The molecule has 0 bridgehead atoms. The lowest BCUT2D eigenvalue weighted by Crippen LogP contribution is -2.28. The normalized spacial score (nSPS) is 10.1. The molecule has 0 unspecified atom stereocenters. The van der Waals surface area contributed by atoms with E-state index in [4.69, 9.17) is 28.6 Å². The Balaban J connectivity index is 2.00. The zero-order chi connectivity index (χ0) is 17.5. The molecule has 0 saturated carbocycles. The van der Waals surface area contributed by atoms with E-state index in [9.17, 15) is 4.79 Å². The van der Waals surface area contributed by atoms with Crippen LogP contribution in [0.25, 0.3) is 0 Å². The number of esters is 1. The summed E-state index contributed by atoms with van der Waals surface area (Å²) < 4.78 is 4.99. The zero-order valence-electron chi connectivity index (χ0n) is 13.6. The average Bonchev–Trinajstić information content (AvgIpc) is 2.56. The first-order valence-corrected chi connectivity index (χ1v) is 8.36. The van der Waals surface area contributed by atoms with Crippen molar-refractivity contribution in [2.45, 2.75) is 20.4 Å². The molecule has 0 radical (unpaired) electrons. The van der Waals surface area contributed by atoms with E-state index in [2.05, 4.69) is 23.6 Å². The van der Waals surface area contributed by atoms with Gasteiger partial charge in [0.05, 0.1) is 17.2 Å². The second kappa shape index (κ2) is 8.66. The molecule has 2 N–H and O–H groups in total. The summed E-state index contributed by atoms with van der Waals surface area (Å²) in [4.78, 5) is 11.9. The van der Waals surface area contributed by atoms with Crippen LogP contribution in [-0.2, 0) is 11.3 Å². The number of rotatable bonds is 5. The number of halogens is 1. The number of benzene rings is 2. The highest BCUT2D eigenvalue weighted by Crippen LogP contribution is 2.21. The SMILES string of the molecule is CCOC(=O)c1cc(NC(=S)NCc2ccccc2C)ccc1Cl. The van der Waals surface area contributed by atoms with Crippen LogP contribution in [0.5, 0.6) is 0 Å². The first-order valence-electron chi connectivity index (χ1n) is 7.57. The molecule has 0 fully saturated rings. The van der Waals surface area contributed by atoms with Crippen molar-refractivity contribution >= 4 is 40.6 Å². The Morgan fingerprint density at radius 1 is 1.25 bits per heavy atom. The van der Waals surface area contributed by atoms with Gasteiger partial charge in [-0.25, -0.2) is 4.79 Å². The molecule has 6 heteroatoms. The summed E-state index contributed by atoms with van der Waals surface area (Å²) >= 11 is 11.3. The van der Waals surface area contributed by atoms with Gasteiger partial charge in [0.2, 0.25) is 0 Å². The molecule has 0 amide bonds. The lowest BCUT2D eigenvalue weighted by molar-refractivity contribution is 0.0526. The van der Waals surface area contributed by atoms with Gasteiger partial charge in [-0.2, -0.15) is 0 Å². The summed E-state index contributed by atoms with van der Waals surface area (Å²) in [5.74, 6) is -0.454. The molecule has 2 aromatic carbocycles. The Morgan fingerprint density at radius 2 is 2.00 bits per heavy atom. The van der Waals surface area contributed by atoms with Crippen molar-refractivity contribution in [3.63, 3.8) is 0 Å². The van der Waals surface area contributed by atoms with Crippen LogP contribution < -0.4 is 10.6 Å². The third-order valence-corrected chi connectivity index (χ3v) is 4.00. The first-order chi connectivity index (χ1) is 11.5. The van der Waals surface area contributed by atoms with Crippen molar-refractivity contribution in [1.29, 1.82) is 0 Å². The summed E-state index contributed by atoms with van der Waals surface area (Å²) in [6.45, 7) is 4.72. The average molecular weight is 363 g/mol. The third-order valence-electron chi connectivity index (χ3n) is 3.42. The van der Waals surface area contributed by atoms with Gasteiger partial charge in [0.1, 0.15) is 0 Å². The number of carbonyl (C=O) groups excluding carboxylic acids is 1. The summed E-state index contributed by atoms with van der Waals surface area (Å²) in [7, 11) is 0. The molecule has 0 aliphatic heterocycles. The van der Waals surface area contributed by atoms with Gasteiger partial charge >= 0.3 is 5.97 Å². The van der Waals surface area contributed by atoms with Crippen LogP contribution >= 0.6 is 23.8 Å². The van der Waals surface area contributed by atoms with Gasteiger partial charge in [0, 0.05) is 12.2 Å². The minimum absolute atomic E-state index is 0.295. The molecule has 0 aromatic heterocycles. The van der Waals surface area contributed by atoms with Gasteiger partial charge in [-0.3, -0.25) is 0 Å². The van der Waals surface area contributed by atoms with E-state index in [1.807, 2.05) is 18.2 Å². The highest BCUT2D eigenvalue weighted by Gasteiger charge is 2.12. The van der Waals surface area contributed by atoms with E-state index in [0.717, 1.165) is 0 Å². The summed E-state index contributed by atoms with van der Waals surface area (Å²) in [5, 5.41) is 7.01. The molecule has 126 valence electrons. The summed E-state index contributed by atoms with van der Waals surface area (Å²) in [5.41, 5.74) is 3.35. The van der Waals surface area contributed by atoms with Crippen molar-refractivity contribution in [2.75, 3.05) is 11.9 Å². The van der Waals surface area contributed by atoms with Crippen molar-refractivity contribution < 1.29 is 9.53 Å². The predicted octanol–water partition coefficient (Wildman–Crippen LogP) is 4.31. The Morgan fingerprint density at radius 3 is 2.71 bits per heavy atom. The minimum atomic E-state index is -0.454. The van der Waals surface area contributed by atoms with E-state index >= 15 is 0 Å². The van der Waals surface area contributed by atoms with E-state index < -0.39 is 5.97 Å². The second-order valence-corrected chi connectivity index (χ2v) is 5.96. The Labute approximate surface area is 152 Å². The number of anilines is 1. The molecule has 0 aliphatic rings. The highest BCUT2D eigenvalue weighted by atomic mass is 35.5. The standard InChI is InChI=1S/C18H19ClN2O2S/c1-3-23-17(22)15-10-14(8-9-16(15)19)21-18(24)20-11-13-7-5-4-6-12(13)2/h4-10H,3,11H2,1-2H3,(H2,20,21,24).